The van der Waals surface area contributed by atoms with Gasteiger partial charge in [-0.1, -0.05) is 24.3 Å². The summed E-state index contributed by atoms with van der Waals surface area (Å²) in [6.45, 7) is 1.75. The molecule has 3 aromatic rings. The molecule has 0 radical (unpaired) electrons. The van der Waals surface area contributed by atoms with Crippen LogP contribution in [0.5, 0.6) is 0 Å². The lowest BCUT2D eigenvalue weighted by Crippen LogP contribution is -2.10. The molecular weight excluding hydrogens is 266 g/mol. The highest BCUT2D eigenvalue weighted by molar-refractivity contribution is 5.93. The molecule has 0 atom stereocenters. The quantitative estimate of drug-likeness (QED) is 0.799. The lowest BCUT2D eigenvalue weighted by atomic mass is 10.0. The Bertz CT molecular complexity index is 791. The van der Waals surface area contributed by atoms with Crippen molar-refractivity contribution in [3.8, 4) is 22.6 Å². The van der Waals surface area contributed by atoms with Gasteiger partial charge in [0.25, 0.3) is 0 Å². The third kappa shape index (κ3) is 2.67. The fourth-order valence-corrected chi connectivity index (χ4v) is 2.07. The van der Waals surface area contributed by atoms with Crippen LogP contribution in [-0.2, 0) is 0 Å². The van der Waals surface area contributed by atoms with Crippen molar-refractivity contribution in [2.45, 2.75) is 6.92 Å². The summed E-state index contributed by atoms with van der Waals surface area (Å²) in [6, 6.07) is 14.9. The van der Waals surface area contributed by atoms with Crippen molar-refractivity contribution in [1.82, 2.24) is 10.2 Å². The smallest absolute Gasteiger partial charge is 0.248 e. The molecule has 21 heavy (non-hydrogen) atoms. The van der Waals surface area contributed by atoms with Crippen LogP contribution in [0.1, 0.15) is 16.2 Å². The number of aryl methyl sites for hydroxylation is 1. The zero-order valence-electron chi connectivity index (χ0n) is 11.4. The van der Waals surface area contributed by atoms with Crippen LogP contribution in [0.3, 0.4) is 0 Å². The third-order valence-electron chi connectivity index (χ3n) is 3.14. The normalized spacial score (nSPS) is 10.5. The first-order valence-corrected chi connectivity index (χ1v) is 6.44. The Kier molecular flexibility index (Phi) is 3.23. The van der Waals surface area contributed by atoms with Crippen molar-refractivity contribution in [2.75, 3.05) is 0 Å². The van der Waals surface area contributed by atoms with E-state index in [1.807, 2.05) is 36.4 Å². The average Bonchev–Trinajstić information content (AvgIpc) is 2.94. The fraction of sp³-hybridized carbons (Fsp3) is 0.0625. The van der Waals surface area contributed by atoms with E-state index in [1.54, 1.807) is 19.1 Å². The lowest BCUT2D eigenvalue weighted by molar-refractivity contribution is 0.100. The van der Waals surface area contributed by atoms with Gasteiger partial charge in [-0.25, -0.2) is 0 Å². The zero-order valence-corrected chi connectivity index (χ0v) is 11.4. The predicted molar refractivity (Wildman–Crippen MR) is 78.4 cm³/mol. The molecular formula is C16H13N3O2. The first kappa shape index (κ1) is 13.1. The summed E-state index contributed by atoms with van der Waals surface area (Å²) in [4.78, 5) is 11.1. The molecule has 1 amide bonds. The van der Waals surface area contributed by atoms with E-state index in [0.29, 0.717) is 17.3 Å². The van der Waals surface area contributed by atoms with Crippen LogP contribution >= 0.6 is 0 Å². The number of nitrogens with two attached hydrogens (primary N) is 1. The number of primary amides is 1. The summed E-state index contributed by atoms with van der Waals surface area (Å²) in [6.07, 6.45) is 0. The van der Waals surface area contributed by atoms with Crippen molar-refractivity contribution in [2.24, 2.45) is 5.73 Å². The number of hydrogen-bond donors (Lipinski definition) is 1. The van der Waals surface area contributed by atoms with Gasteiger partial charge < -0.3 is 10.2 Å². The zero-order chi connectivity index (χ0) is 14.8. The SMILES string of the molecule is Cc1nnc(-c2cccc(-c3ccc(C(N)=O)cc3)c2)o1. The second-order valence-corrected chi connectivity index (χ2v) is 4.65. The number of benzene rings is 2. The van der Waals surface area contributed by atoms with Gasteiger partial charge in [-0.05, 0) is 35.4 Å². The number of nitrogens with zero attached hydrogens (tertiary/aromatic N) is 2. The molecule has 0 spiro atoms. The summed E-state index contributed by atoms with van der Waals surface area (Å²) in [5.74, 6) is 0.584. The third-order valence-corrected chi connectivity index (χ3v) is 3.14. The van der Waals surface area contributed by atoms with Crippen molar-refractivity contribution in [3.05, 3.63) is 60.0 Å². The molecule has 5 heteroatoms. The molecule has 104 valence electrons. The van der Waals surface area contributed by atoms with Crippen LogP contribution in [0.2, 0.25) is 0 Å². The molecule has 0 aliphatic rings. The van der Waals surface area contributed by atoms with Gasteiger partial charge in [-0.15, -0.1) is 10.2 Å². The van der Waals surface area contributed by atoms with Gasteiger partial charge in [0.2, 0.25) is 17.7 Å². The summed E-state index contributed by atoms with van der Waals surface area (Å²) in [7, 11) is 0. The molecule has 5 nitrogen and oxygen atoms in total. The number of carbonyl (C=O) groups is 1. The summed E-state index contributed by atoms with van der Waals surface area (Å²) in [5.41, 5.74) is 8.56. The van der Waals surface area contributed by atoms with Crippen molar-refractivity contribution in [3.63, 3.8) is 0 Å². The van der Waals surface area contributed by atoms with Gasteiger partial charge in [0.1, 0.15) is 0 Å². The first-order valence-electron chi connectivity index (χ1n) is 6.44. The van der Waals surface area contributed by atoms with E-state index < -0.39 is 5.91 Å². The van der Waals surface area contributed by atoms with Crippen LogP contribution in [0, 0.1) is 6.92 Å². The number of hydrogen-bond acceptors (Lipinski definition) is 4. The van der Waals surface area contributed by atoms with Crippen LogP contribution in [0.4, 0.5) is 0 Å². The largest absolute Gasteiger partial charge is 0.421 e. The highest BCUT2D eigenvalue weighted by Crippen LogP contribution is 2.25. The topological polar surface area (TPSA) is 82.0 Å². The monoisotopic (exact) mass is 279 g/mol. The molecule has 0 fully saturated rings. The number of amides is 1. The summed E-state index contributed by atoms with van der Waals surface area (Å²) in [5, 5.41) is 7.84. The summed E-state index contributed by atoms with van der Waals surface area (Å²) < 4.78 is 5.43. The van der Waals surface area contributed by atoms with Gasteiger partial charge >= 0.3 is 0 Å². The first-order chi connectivity index (χ1) is 10.1. The van der Waals surface area contributed by atoms with E-state index in [0.717, 1.165) is 16.7 Å². The molecule has 3 rings (SSSR count). The van der Waals surface area contributed by atoms with Crippen molar-refractivity contribution >= 4 is 5.91 Å². The molecule has 0 bridgehead atoms. The highest BCUT2D eigenvalue weighted by Gasteiger charge is 2.08. The van der Waals surface area contributed by atoms with Crippen molar-refractivity contribution < 1.29 is 9.21 Å². The fourth-order valence-electron chi connectivity index (χ4n) is 2.07. The minimum atomic E-state index is -0.434. The number of rotatable bonds is 3. The summed E-state index contributed by atoms with van der Waals surface area (Å²) >= 11 is 0. The Labute approximate surface area is 121 Å². The van der Waals surface area contributed by atoms with Gasteiger partial charge in [0, 0.05) is 18.1 Å². The Hall–Kier alpha value is -2.95. The standard InChI is InChI=1S/C16H13N3O2/c1-10-18-19-16(21-10)14-4-2-3-13(9-14)11-5-7-12(8-6-11)15(17)20/h2-9H,1H3,(H2,17,20). The Morgan fingerprint density at radius 2 is 1.71 bits per heavy atom. The van der Waals surface area contributed by atoms with E-state index >= 15 is 0 Å². The maximum atomic E-state index is 11.1. The number of carbonyl (C=O) groups excluding carboxylic acids is 1. The van der Waals surface area contributed by atoms with E-state index in [-0.39, 0.29) is 0 Å². The second-order valence-electron chi connectivity index (χ2n) is 4.65. The molecule has 0 unspecified atom stereocenters. The maximum Gasteiger partial charge on any atom is 0.248 e. The molecule has 2 aromatic carbocycles. The molecule has 1 heterocycles. The Balaban J connectivity index is 1.97. The average molecular weight is 279 g/mol. The molecule has 0 saturated heterocycles. The van der Waals surface area contributed by atoms with Crippen LogP contribution in [0.25, 0.3) is 22.6 Å². The Morgan fingerprint density at radius 1 is 1.00 bits per heavy atom. The van der Waals surface area contributed by atoms with Gasteiger partial charge in [-0.3, -0.25) is 4.79 Å². The molecule has 2 N–H and O–H groups in total. The highest BCUT2D eigenvalue weighted by atomic mass is 16.4. The minimum Gasteiger partial charge on any atom is -0.421 e. The van der Waals surface area contributed by atoms with Crippen molar-refractivity contribution in [1.29, 1.82) is 0 Å². The number of aromatic nitrogens is 2. The van der Waals surface area contributed by atoms with E-state index in [9.17, 15) is 4.79 Å². The Morgan fingerprint density at radius 3 is 2.33 bits per heavy atom. The minimum absolute atomic E-state index is 0.434. The molecule has 0 saturated carbocycles. The molecule has 0 aliphatic heterocycles. The van der Waals surface area contributed by atoms with E-state index in [2.05, 4.69) is 10.2 Å². The molecule has 1 aromatic heterocycles. The van der Waals surface area contributed by atoms with Crippen LogP contribution in [0.15, 0.2) is 52.9 Å². The molecule has 0 aliphatic carbocycles. The van der Waals surface area contributed by atoms with Crippen LogP contribution < -0.4 is 5.73 Å². The van der Waals surface area contributed by atoms with Gasteiger partial charge in [0.15, 0.2) is 0 Å². The lowest BCUT2D eigenvalue weighted by Gasteiger charge is -2.04. The predicted octanol–water partition coefficient (Wildman–Crippen LogP) is 2.81. The van der Waals surface area contributed by atoms with E-state index in [1.165, 1.54) is 0 Å². The van der Waals surface area contributed by atoms with E-state index in [4.69, 9.17) is 10.2 Å². The van der Waals surface area contributed by atoms with Gasteiger partial charge in [-0.2, -0.15) is 0 Å². The van der Waals surface area contributed by atoms with Gasteiger partial charge in [0.05, 0.1) is 0 Å². The maximum absolute atomic E-state index is 11.1. The second kappa shape index (κ2) is 5.20. The van der Waals surface area contributed by atoms with Crippen LogP contribution in [-0.4, -0.2) is 16.1 Å².